The van der Waals surface area contributed by atoms with Crippen molar-refractivity contribution in [1.29, 1.82) is 0 Å². The Morgan fingerprint density at radius 2 is 1.82 bits per heavy atom. The summed E-state index contributed by atoms with van der Waals surface area (Å²) in [5.41, 5.74) is 1.26. The van der Waals surface area contributed by atoms with Gasteiger partial charge in [-0.25, -0.2) is 19.8 Å². The first-order valence-electron chi connectivity index (χ1n) is 12.0. The van der Waals surface area contributed by atoms with E-state index in [0.717, 1.165) is 5.57 Å². The van der Waals surface area contributed by atoms with Crippen molar-refractivity contribution in [3.63, 3.8) is 0 Å². The highest BCUT2D eigenvalue weighted by Gasteiger charge is 2.28. The Morgan fingerprint density at radius 3 is 2.32 bits per heavy atom. The van der Waals surface area contributed by atoms with Gasteiger partial charge in [0.25, 0.3) is 5.56 Å². The number of hydrogen-bond donors (Lipinski definition) is 3. The number of allylic oxidation sites excluding steroid dienone is 2. The van der Waals surface area contributed by atoms with E-state index in [1.165, 1.54) is 36.0 Å². The van der Waals surface area contributed by atoms with Crippen LogP contribution in [0.5, 0.6) is 0 Å². The number of nitrogens with zero attached hydrogens (tertiary/aromatic N) is 5. The minimum absolute atomic E-state index is 0.135. The van der Waals surface area contributed by atoms with Gasteiger partial charge in [0, 0.05) is 44.0 Å². The molecular weight excluding hydrogens is 490 g/mol. The number of piperidine rings is 1. The average Bonchev–Trinajstić information content (AvgIpc) is 2.89. The van der Waals surface area contributed by atoms with E-state index in [4.69, 9.17) is 4.99 Å². The van der Waals surface area contributed by atoms with Crippen LogP contribution >= 0.6 is 0 Å². The zero-order valence-corrected chi connectivity index (χ0v) is 21.7. The van der Waals surface area contributed by atoms with Crippen molar-refractivity contribution in [1.82, 2.24) is 24.4 Å². The van der Waals surface area contributed by atoms with Crippen molar-refractivity contribution in [3.05, 3.63) is 74.9 Å². The molecule has 3 N–H and O–H groups in total. The van der Waals surface area contributed by atoms with E-state index in [0.29, 0.717) is 48.6 Å². The molecule has 0 aromatic carbocycles. The second-order valence-electron chi connectivity index (χ2n) is 8.89. The van der Waals surface area contributed by atoms with Crippen LogP contribution in [0.3, 0.4) is 0 Å². The van der Waals surface area contributed by atoms with Crippen LogP contribution in [-0.2, 0) is 9.59 Å². The van der Waals surface area contributed by atoms with Crippen LogP contribution in [0, 0.1) is 0 Å². The molecule has 0 radical (unpaired) electrons. The maximum Gasteiger partial charge on any atom is 0.329 e. The SMILES string of the molecule is C=C/C(=N\C(=C(C)C)c1c(C=C)c(=O)[nH]c(=O)n1C1CCN(C(=O)CO)CC1)c1cnc(NC(C)=O)nc1. The number of carbonyl (C=O) groups is 2. The van der Waals surface area contributed by atoms with Crippen LogP contribution < -0.4 is 16.6 Å². The lowest BCUT2D eigenvalue weighted by Crippen LogP contribution is -2.44. The second-order valence-corrected chi connectivity index (χ2v) is 8.89. The fourth-order valence-corrected chi connectivity index (χ4v) is 4.25. The van der Waals surface area contributed by atoms with E-state index in [-0.39, 0.29) is 29.4 Å². The monoisotopic (exact) mass is 521 g/mol. The number of aliphatic hydroxyl groups is 1. The van der Waals surface area contributed by atoms with Crippen molar-refractivity contribution in [2.24, 2.45) is 4.99 Å². The van der Waals surface area contributed by atoms with Gasteiger partial charge < -0.3 is 10.0 Å². The molecule has 0 saturated carbocycles. The maximum atomic E-state index is 13.2. The topological polar surface area (TPSA) is 163 Å². The van der Waals surface area contributed by atoms with Gasteiger partial charge in [-0.2, -0.15) is 0 Å². The number of anilines is 1. The molecule has 0 spiro atoms. The Morgan fingerprint density at radius 1 is 1.18 bits per heavy atom. The lowest BCUT2D eigenvalue weighted by atomic mass is 10.0. The molecular formula is C26H31N7O5. The number of nitrogens with one attached hydrogen (secondary N) is 2. The highest BCUT2D eigenvalue weighted by molar-refractivity contribution is 6.10. The number of amides is 2. The predicted octanol–water partition coefficient (Wildman–Crippen LogP) is 1.51. The van der Waals surface area contributed by atoms with Crippen LogP contribution in [0.25, 0.3) is 11.8 Å². The molecule has 12 heteroatoms. The minimum Gasteiger partial charge on any atom is -0.387 e. The lowest BCUT2D eigenvalue weighted by molar-refractivity contribution is -0.135. The first-order valence-corrected chi connectivity index (χ1v) is 12.0. The normalized spacial score (nSPS) is 14.1. The Labute approximate surface area is 219 Å². The highest BCUT2D eigenvalue weighted by atomic mass is 16.3. The molecule has 1 aliphatic heterocycles. The number of aliphatic hydroxyl groups excluding tert-OH is 1. The molecule has 3 rings (SSSR count). The molecule has 3 heterocycles. The summed E-state index contributed by atoms with van der Waals surface area (Å²) in [5, 5.41) is 11.7. The van der Waals surface area contributed by atoms with E-state index in [1.54, 1.807) is 18.7 Å². The summed E-state index contributed by atoms with van der Waals surface area (Å²) < 4.78 is 1.50. The third-order valence-electron chi connectivity index (χ3n) is 6.06. The fourth-order valence-electron chi connectivity index (χ4n) is 4.25. The number of aliphatic imine (C=N–C) groups is 1. The van der Waals surface area contributed by atoms with Gasteiger partial charge in [-0.1, -0.05) is 19.2 Å². The molecule has 0 unspecified atom stereocenters. The quantitative estimate of drug-likeness (QED) is 0.443. The Bertz CT molecular complexity index is 1420. The van der Waals surface area contributed by atoms with Crippen LogP contribution in [-0.4, -0.2) is 66.7 Å². The summed E-state index contributed by atoms with van der Waals surface area (Å²) in [6.45, 7) is 12.7. The van der Waals surface area contributed by atoms with Gasteiger partial charge in [0.1, 0.15) is 6.61 Å². The summed E-state index contributed by atoms with van der Waals surface area (Å²) in [4.78, 5) is 66.2. The average molecular weight is 522 g/mol. The van der Waals surface area contributed by atoms with Gasteiger partial charge in [-0.05, 0) is 38.3 Å². The Kier molecular flexibility index (Phi) is 9.02. The molecule has 1 aliphatic rings. The zero-order chi connectivity index (χ0) is 28.0. The lowest BCUT2D eigenvalue weighted by Gasteiger charge is -2.34. The third-order valence-corrected chi connectivity index (χ3v) is 6.06. The molecule has 1 fully saturated rings. The zero-order valence-electron chi connectivity index (χ0n) is 21.7. The second kappa shape index (κ2) is 12.2. The van der Waals surface area contributed by atoms with E-state index in [1.807, 2.05) is 0 Å². The fraction of sp³-hybridized carbons (Fsp3) is 0.346. The standard InChI is InChI=1S/C26H31N7O5/c1-6-19-23(33(26(38)31-24(19)37)18-8-10-32(11-9-18)21(36)14-34)22(15(3)4)30-20(7-2)17-12-27-25(28-13-17)29-16(5)35/h6-7,12-13,18,34H,1-2,8-11,14H2,3-5H3,(H,31,37,38)(H,27,28,29,35)/b30-20+. The van der Waals surface area contributed by atoms with Crippen LogP contribution in [0.2, 0.25) is 0 Å². The number of rotatable bonds is 8. The van der Waals surface area contributed by atoms with Gasteiger partial charge in [-0.3, -0.25) is 29.3 Å². The molecule has 0 bridgehead atoms. The molecule has 2 aromatic rings. The minimum atomic E-state index is -0.598. The van der Waals surface area contributed by atoms with E-state index < -0.39 is 17.9 Å². The smallest absolute Gasteiger partial charge is 0.329 e. The first kappa shape index (κ1) is 28.1. The number of hydrogen-bond acceptors (Lipinski definition) is 8. The summed E-state index contributed by atoms with van der Waals surface area (Å²) in [6, 6.07) is -0.340. The largest absolute Gasteiger partial charge is 0.387 e. The summed E-state index contributed by atoms with van der Waals surface area (Å²) >= 11 is 0. The number of aromatic nitrogens is 4. The van der Waals surface area contributed by atoms with Crippen molar-refractivity contribution in [2.45, 2.75) is 39.7 Å². The summed E-state index contributed by atoms with van der Waals surface area (Å²) in [5.74, 6) is -0.547. The predicted molar refractivity (Wildman–Crippen MR) is 145 cm³/mol. The van der Waals surface area contributed by atoms with Crippen molar-refractivity contribution in [2.75, 3.05) is 25.0 Å². The number of aromatic amines is 1. The molecule has 38 heavy (non-hydrogen) atoms. The summed E-state index contributed by atoms with van der Waals surface area (Å²) in [6.07, 6.45) is 6.72. The van der Waals surface area contributed by atoms with Gasteiger partial charge in [0.2, 0.25) is 17.8 Å². The van der Waals surface area contributed by atoms with Gasteiger partial charge in [-0.15, -0.1) is 0 Å². The van der Waals surface area contributed by atoms with Crippen molar-refractivity contribution < 1.29 is 14.7 Å². The van der Waals surface area contributed by atoms with Gasteiger partial charge >= 0.3 is 5.69 Å². The van der Waals surface area contributed by atoms with Gasteiger partial charge in [0.15, 0.2) is 0 Å². The molecule has 2 amide bonds. The van der Waals surface area contributed by atoms with E-state index in [9.17, 15) is 24.3 Å². The van der Waals surface area contributed by atoms with Gasteiger partial charge in [0.05, 0.1) is 22.7 Å². The molecule has 200 valence electrons. The van der Waals surface area contributed by atoms with Crippen LogP contribution in [0.1, 0.15) is 56.5 Å². The highest BCUT2D eigenvalue weighted by Crippen LogP contribution is 2.29. The Hall–Kier alpha value is -4.45. The molecule has 2 aromatic heterocycles. The van der Waals surface area contributed by atoms with Crippen molar-refractivity contribution >= 4 is 35.2 Å². The van der Waals surface area contributed by atoms with Crippen LogP contribution in [0.15, 0.2) is 51.8 Å². The molecule has 12 nitrogen and oxygen atoms in total. The summed E-state index contributed by atoms with van der Waals surface area (Å²) in [7, 11) is 0. The molecule has 0 atom stereocenters. The van der Waals surface area contributed by atoms with E-state index in [2.05, 4.69) is 33.4 Å². The first-order chi connectivity index (χ1) is 18.1. The molecule has 0 aliphatic carbocycles. The van der Waals surface area contributed by atoms with Crippen LogP contribution in [0.4, 0.5) is 5.95 Å². The third kappa shape index (κ3) is 6.09. The number of H-pyrrole nitrogens is 1. The number of likely N-dealkylation sites (tertiary alicyclic amines) is 1. The maximum absolute atomic E-state index is 13.2. The number of carbonyl (C=O) groups excluding carboxylic acids is 2. The van der Waals surface area contributed by atoms with Crippen molar-refractivity contribution in [3.8, 4) is 0 Å². The molecule has 1 saturated heterocycles. The Balaban J connectivity index is 2.15. The van der Waals surface area contributed by atoms with E-state index >= 15 is 0 Å².